The summed E-state index contributed by atoms with van der Waals surface area (Å²) in [5, 5.41) is 3.37. The van der Waals surface area contributed by atoms with Crippen LogP contribution in [0, 0.1) is 0 Å². The number of rotatable bonds is 2. The predicted octanol–water partition coefficient (Wildman–Crippen LogP) is 4.01. The number of allylic oxidation sites excluding steroid dienone is 1. The zero-order valence-electron chi connectivity index (χ0n) is 8.47. The summed E-state index contributed by atoms with van der Waals surface area (Å²) in [6.07, 6.45) is 1.54. The van der Waals surface area contributed by atoms with Gasteiger partial charge in [-0.25, -0.2) is 0 Å². The Morgan fingerprint density at radius 3 is 2.67 bits per heavy atom. The molecule has 2 nitrogen and oxygen atoms in total. The van der Waals surface area contributed by atoms with Crippen molar-refractivity contribution in [1.82, 2.24) is 0 Å². The lowest BCUT2D eigenvalue weighted by molar-refractivity contribution is -0.111. The van der Waals surface area contributed by atoms with Crippen LogP contribution < -0.4 is 5.32 Å². The van der Waals surface area contributed by atoms with Crippen molar-refractivity contribution in [2.24, 2.45) is 0 Å². The minimum absolute atomic E-state index is 0.141. The van der Waals surface area contributed by atoms with Gasteiger partial charge in [0.05, 0.1) is 5.69 Å². The van der Waals surface area contributed by atoms with Crippen molar-refractivity contribution in [1.29, 1.82) is 0 Å². The van der Waals surface area contributed by atoms with Crippen molar-refractivity contribution < 1.29 is 4.79 Å². The van der Waals surface area contributed by atoms with Gasteiger partial charge in [-0.15, -0.1) is 0 Å². The Balaban J connectivity index is 2.82. The molecule has 0 bridgehead atoms. The zero-order valence-corrected chi connectivity index (χ0v) is 10.8. The van der Waals surface area contributed by atoms with Crippen molar-refractivity contribution in [3.8, 4) is 0 Å². The molecular weight excluding hydrogens is 277 g/mol. The molecule has 0 aliphatic carbocycles. The largest absolute Gasteiger partial charge is 0.321 e. The van der Waals surface area contributed by atoms with E-state index < -0.39 is 0 Å². The molecule has 0 atom stereocenters. The number of benzene rings is 1. The standard InChI is InChI=1S/C11H11BrClNO/c1-7(2)5-11(15)14-10-4-3-8(13)6-9(10)12/h3-6H,1-2H3,(H,14,15). The minimum atomic E-state index is -0.141. The highest BCUT2D eigenvalue weighted by Crippen LogP contribution is 2.25. The lowest BCUT2D eigenvalue weighted by atomic mass is 10.3. The number of hydrogen-bond acceptors (Lipinski definition) is 1. The fraction of sp³-hybridized carbons (Fsp3) is 0.182. The fourth-order valence-corrected chi connectivity index (χ4v) is 1.80. The quantitative estimate of drug-likeness (QED) is 0.819. The van der Waals surface area contributed by atoms with Crippen LogP contribution in [0.4, 0.5) is 5.69 Å². The average molecular weight is 289 g/mol. The first-order valence-electron chi connectivity index (χ1n) is 4.40. The maximum absolute atomic E-state index is 11.4. The topological polar surface area (TPSA) is 29.1 Å². The monoisotopic (exact) mass is 287 g/mol. The molecule has 0 aromatic heterocycles. The van der Waals surface area contributed by atoms with Crippen molar-refractivity contribution in [2.75, 3.05) is 5.32 Å². The van der Waals surface area contributed by atoms with Gasteiger partial charge < -0.3 is 5.32 Å². The first kappa shape index (κ1) is 12.3. The van der Waals surface area contributed by atoms with Crippen LogP contribution in [0.5, 0.6) is 0 Å². The summed E-state index contributed by atoms with van der Waals surface area (Å²) in [5.41, 5.74) is 1.67. The summed E-state index contributed by atoms with van der Waals surface area (Å²) < 4.78 is 0.769. The second kappa shape index (κ2) is 5.33. The molecule has 1 amide bonds. The van der Waals surface area contributed by atoms with Crippen molar-refractivity contribution in [3.05, 3.63) is 39.3 Å². The highest BCUT2D eigenvalue weighted by atomic mass is 79.9. The molecule has 0 fully saturated rings. The first-order chi connectivity index (χ1) is 6.99. The van der Waals surface area contributed by atoms with Gasteiger partial charge in [-0.05, 0) is 48.0 Å². The number of carbonyl (C=O) groups excluding carboxylic acids is 1. The highest BCUT2D eigenvalue weighted by Gasteiger charge is 2.03. The molecule has 15 heavy (non-hydrogen) atoms. The molecule has 1 rings (SSSR count). The molecule has 0 unspecified atom stereocenters. The lowest BCUT2D eigenvalue weighted by Gasteiger charge is -2.05. The molecule has 1 aromatic rings. The number of anilines is 1. The normalized spacial score (nSPS) is 9.60. The molecule has 0 spiro atoms. The Morgan fingerprint density at radius 1 is 1.47 bits per heavy atom. The van der Waals surface area contributed by atoms with Gasteiger partial charge in [0.25, 0.3) is 0 Å². The minimum Gasteiger partial charge on any atom is -0.321 e. The van der Waals surface area contributed by atoms with Crippen LogP contribution >= 0.6 is 27.5 Å². The van der Waals surface area contributed by atoms with Gasteiger partial charge in [-0.3, -0.25) is 4.79 Å². The van der Waals surface area contributed by atoms with Crippen LogP contribution in [0.15, 0.2) is 34.3 Å². The Bertz CT molecular complexity index is 411. The van der Waals surface area contributed by atoms with Crippen molar-refractivity contribution in [3.63, 3.8) is 0 Å². The molecule has 0 saturated heterocycles. The Hall–Kier alpha value is -0.800. The third kappa shape index (κ3) is 4.06. The van der Waals surface area contributed by atoms with Crippen LogP contribution in [0.1, 0.15) is 13.8 Å². The summed E-state index contributed by atoms with van der Waals surface area (Å²) in [5.74, 6) is -0.141. The van der Waals surface area contributed by atoms with Gasteiger partial charge in [0.1, 0.15) is 0 Å². The van der Waals surface area contributed by atoms with E-state index in [1.807, 2.05) is 13.8 Å². The highest BCUT2D eigenvalue weighted by molar-refractivity contribution is 9.10. The third-order valence-electron chi connectivity index (χ3n) is 1.61. The molecule has 1 aromatic carbocycles. The van der Waals surface area contributed by atoms with Gasteiger partial charge >= 0.3 is 0 Å². The van der Waals surface area contributed by atoms with Gasteiger partial charge in [0.15, 0.2) is 0 Å². The Labute approximate surface area is 102 Å². The van der Waals surface area contributed by atoms with Crippen LogP contribution in [0.2, 0.25) is 5.02 Å². The Morgan fingerprint density at radius 2 is 2.13 bits per heavy atom. The maximum Gasteiger partial charge on any atom is 0.248 e. The number of amides is 1. The van der Waals surface area contributed by atoms with Gasteiger partial charge in [-0.1, -0.05) is 17.2 Å². The second-order valence-corrected chi connectivity index (χ2v) is 4.63. The molecule has 0 aliphatic heterocycles. The van der Waals surface area contributed by atoms with E-state index in [9.17, 15) is 4.79 Å². The second-order valence-electron chi connectivity index (χ2n) is 3.34. The van der Waals surface area contributed by atoms with E-state index in [0.29, 0.717) is 10.7 Å². The molecular formula is C11H11BrClNO. The summed E-state index contributed by atoms with van der Waals surface area (Å²) in [6, 6.07) is 5.22. The average Bonchev–Trinajstić information content (AvgIpc) is 2.08. The molecule has 1 N–H and O–H groups in total. The Kier molecular flexibility index (Phi) is 4.36. The van der Waals surface area contributed by atoms with Crippen LogP contribution in [0.3, 0.4) is 0 Å². The van der Waals surface area contributed by atoms with Crippen molar-refractivity contribution in [2.45, 2.75) is 13.8 Å². The molecule has 4 heteroatoms. The van der Waals surface area contributed by atoms with E-state index in [1.54, 1.807) is 24.3 Å². The van der Waals surface area contributed by atoms with Crippen LogP contribution in [-0.4, -0.2) is 5.91 Å². The van der Waals surface area contributed by atoms with Crippen LogP contribution in [-0.2, 0) is 4.79 Å². The molecule has 80 valence electrons. The molecule has 0 saturated carbocycles. The van der Waals surface area contributed by atoms with E-state index >= 15 is 0 Å². The SMILES string of the molecule is CC(C)=CC(=O)Nc1ccc(Cl)cc1Br. The summed E-state index contributed by atoms with van der Waals surface area (Å²) in [4.78, 5) is 11.4. The number of nitrogens with one attached hydrogen (secondary N) is 1. The number of carbonyl (C=O) groups is 1. The first-order valence-corrected chi connectivity index (χ1v) is 5.57. The zero-order chi connectivity index (χ0) is 11.4. The fourth-order valence-electron chi connectivity index (χ4n) is 1.02. The van der Waals surface area contributed by atoms with E-state index in [0.717, 1.165) is 10.0 Å². The lowest BCUT2D eigenvalue weighted by Crippen LogP contribution is -2.08. The van der Waals surface area contributed by atoms with E-state index in [-0.39, 0.29) is 5.91 Å². The van der Waals surface area contributed by atoms with Gasteiger partial charge in [0, 0.05) is 15.6 Å². The number of halogens is 2. The molecule has 0 radical (unpaired) electrons. The van der Waals surface area contributed by atoms with Gasteiger partial charge in [-0.2, -0.15) is 0 Å². The van der Waals surface area contributed by atoms with Gasteiger partial charge in [0.2, 0.25) is 5.91 Å². The van der Waals surface area contributed by atoms with E-state index in [1.165, 1.54) is 0 Å². The summed E-state index contributed by atoms with van der Waals surface area (Å²) >= 11 is 9.11. The summed E-state index contributed by atoms with van der Waals surface area (Å²) in [7, 11) is 0. The maximum atomic E-state index is 11.4. The molecule has 0 heterocycles. The van der Waals surface area contributed by atoms with Crippen LogP contribution in [0.25, 0.3) is 0 Å². The van der Waals surface area contributed by atoms with Crippen molar-refractivity contribution >= 4 is 39.1 Å². The predicted molar refractivity (Wildman–Crippen MR) is 67.2 cm³/mol. The third-order valence-corrected chi connectivity index (χ3v) is 2.50. The molecule has 0 aliphatic rings. The smallest absolute Gasteiger partial charge is 0.248 e. The van der Waals surface area contributed by atoms with E-state index in [2.05, 4.69) is 21.2 Å². The summed E-state index contributed by atoms with van der Waals surface area (Å²) in [6.45, 7) is 3.74. The number of hydrogen-bond donors (Lipinski definition) is 1. The van der Waals surface area contributed by atoms with E-state index in [4.69, 9.17) is 11.6 Å².